The number of nitrogens with one attached hydrogen (secondary N) is 3. The summed E-state index contributed by atoms with van der Waals surface area (Å²) in [5.74, 6) is -2.83. The average Bonchev–Trinajstić information content (AvgIpc) is 3.24. The van der Waals surface area contributed by atoms with Crippen molar-refractivity contribution in [2.45, 2.75) is 19.5 Å². The third kappa shape index (κ3) is 7.64. The maximum atomic E-state index is 13.0. The summed E-state index contributed by atoms with van der Waals surface area (Å²) in [6.45, 7) is 2.00. The zero-order chi connectivity index (χ0) is 29.6. The van der Waals surface area contributed by atoms with Gasteiger partial charge in [0.15, 0.2) is 0 Å². The Labute approximate surface area is 238 Å². The van der Waals surface area contributed by atoms with Gasteiger partial charge in [0, 0.05) is 44.8 Å². The molecule has 2 aromatic heterocycles. The Morgan fingerprint density at radius 2 is 1.73 bits per heavy atom. The van der Waals surface area contributed by atoms with E-state index in [2.05, 4.69) is 20.6 Å². The van der Waals surface area contributed by atoms with Crippen LogP contribution in [0.4, 0.5) is 30.2 Å². The number of alkyl halides is 3. The number of nitrogens with zero attached hydrogens (tertiary/aromatic N) is 1. The topological polar surface area (TPSA) is 107 Å². The van der Waals surface area contributed by atoms with Gasteiger partial charge in [0.25, 0.3) is 0 Å². The molecule has 5 rings (SSSR count). The molecule has 41 heavy (non-hydrogen) atoms. The second-order valence-electron chi connectivity index (χ2n) is 8.94. The van der Waals surface area contributed by atoms with Gasteiger partial charge in [-0.1, -0.05) is 41.9 Å². The number of halogens is 4. The summed E-state index contributed by atoms with van der Waals surface area (Å²) in [5, 5.41) is 15.3. The monoisotopic (exact) mass is 580 g/mol. The number of carboxylic acid groups (broad SMARTS) is 1. The predicted octanol–water partition coefficient (Wildman–Crippen LogP) is 7.75. The molecule has 0 fully saturated rings. The zero-order valence-electron chi connectivity index (χ0n) is 21.6. The zero-order valence-corrected chi connectivity index (χ0v) is 22.3. The molecule has 0 saturated carbocycles. The lowest BCUT2D eigenvalue weighted by molar-refractivity contribution is -0.192. The van der Waals surface area contributed by atoms with E-state index in [1.165, 1.54) is 0 Å². The van der Waals surface area contributed by atoms with Gasteiger partial charge in [0.1, 0.15) is 0 Å². The molecule has 210 valence electrons. The number of carbonyl (C=O) groups is 2. The molecular weight excluding hydrogens is 557 g/mol. The van der Waals surface area contributed by atoms with Crippen molar-refractivity contribution in [3.05, 3.63) is 108 Å². The van der Waals surface area contributed by atoms with Crippen LogP contribution in [0.5, 0.6) is 0 Å². The van der Waals surface area contributed by atoms with Crippen LogP contribution in [0.15, 0.2) is 91.3 Å². The summed E-state index contributed by atoms with van der Waals surface area (Å²) < 4.78 is 31.7. The molecule has 3 aromatic carbocycles. The van der Waals surface area contributed by atoms with Gasteiger partial charge < -0.3 is 20.7 Å². The molecule has 0 radical (unpaired) electrons. The smallest absolute Gasteiger partial charge is 0.475 e. The molecule has 0 spiro atoms. The van der Waals surface area contributed by atoms with Crippen molar-refractivity contribution in [1.82, 2.24) is 9.97 Å². The highest BCUT2D eigenvalue weighted by Crippen LogP contribution is 2.34. The lowest BCUT2D eigenvalue weighted by atomic mass is 10.0. The molecule has 0 aliphatic carbocycles. The van der Waals surface area contributed by atoms with Crippen LogP contribution in [0, 0.1) is 6.92 Å². The van der Waals surface area contributed by atoms with Crippen LogP contribution in [-0.2, 0) is 16.0 Å². The van der Waals surface area contributed by atoms with E-state index in [1.54, 1.807) is 12.4 Å². The van der Waals surface area contributed by atoms with Crippen molar-refractivity contribution < 1.29 is 27.9 Å². The summed E-state index contributed by atoms with van der Waals surface area (Å²) >= 11 is 6.27. The number of para-hydroxylation sites is 1. The maximum absolute atomic E-state index is 13.0. The van der Waals surface area contributed by atoms with E-state index in [1.807, 2.05) is 85.8 Å². The van der Waals surface area contributed by atoms with Crippen LogP contribution in [0.3, 0.4) is 0 Å². The number of H-pyrrole nitrogens is 1. The first-order valence-corrected chi connectivity index (χ1v) is 12.6. The Morgan fingerprint density at radius 3 is 2.41 bits per heavy atom. The molecule has 0 atom stereocenters. The lowest BCUT2D eigenvalue weighted by Crippen LogP contribution is -2.21. The number of aliphatic carboxylic acids is 1. The molecule has 11 heteroatoms. The van der Waals surface area contributed by atoms with Gasteiger partial charge in [0.2, 0.25) is 5.91 Å². The summed E-state index contributed by atoms with van der Waals surface area (Å²) in [7, 11) is 0. The number of carboxylic acids is 1. The molecular formula is C30H24ClF3N4O3. The van der Waals surface area contributed by atoms with E-state index in [-0.39, 0.29) is 12.3 Å². The molecule has 0 aliphatic rings. The maximum Gasteiger partial charge on any atom is 0.490 e. The number of benzene rings is 3. The molecule has 0 unspecified atom stereocenters. The quantitative estimate of drug-likeness (QED) is 0.164. The number of aromatic nitrogens is 2. The highest BCUT2D eigenvalue weighted by Gasteiger charge is 2.38. The highest BCUT2D eigenvalue weighted by atomic mass is 35.5. The first kappa shape index (κ1) is 29.2. The number of aromatic amines is 1. The van der Waals surface area contributed by atoms with E-state index in [0.29, 0.717) is 10.7 Å². The molecule has 1 amide bonds. The predicted molar refractivity (Wildman–Crippen MR) is 153 cm³/mol. The Morgan fingerprint density at radius 1 is 0.976 bits per heavy atom. The summed E-state index contributed by atoms with van der Waals surface area (Å²) in [4.78, 5) is 29.4. The van der Waals surface area contributed by atoms with Gasteiger partial charge in [0.05, 0.1) is 18.3 Å². The second kappa shape index (κ2) is 12.6. The first-order valence-electron chi connectivity index (χ1n) is 12.2. The fraction of sp³-hybridized carbons (Fsp3) is 0.100. The van der Waals surface area contributed by atoms with Crippen molar-refractivity contribution in [2.75, 3.05) is 10.6 Å². The molecule has 2 heterocycles. The van der Waals surface area contributed by atoms with Crippen molar-refractivity contribution >= 4 is 51.4 Å². The fourth-order valence-corrected chi connectivity index (χ4v) is 4.34. The van der Waals surface area contributed by atoms with E-state index in [4.69, 9.17) is 21.5 Å². The number of hydrogen-bond acceptors (Lipinski definition) is 4. The van der Waals surface area contributed by atoms with Gasteiger partial charge in [-0.05, 0) is 66.6 Å². The minimum atomic E-state index is -5.08. The number of aryl methyl sites for hydroxylation is 1. The molecule has 0 bridgehead atoms. The van der Waals surface area contributed by atoms with E-state index < -0.39 is 12.1 Å². The number of pyridine rings is 1. The number of amides is 1. The summed E-state index contributed by atoms with van der Waals surface area (Å²) in [6.07, 6.45) is -1.30. The minimum Gasteiger partial charge on any atom is -0.475 e. The van der Waals surface area contributed by atoms with E-state index in [9.17, 15) is 18.0 Å². The van der Waals surface area contributed by atoms with Crippen molar-refractivity contribution in [3.8, 4) is 11.1 Å². The number of fused-ring (bicyclic) bond motifs is 1. The molecule has 5 aromatic rings. The van der Waals surface area contributed by atoms with Gasteiger partial charge in [-0.3, -0.25) is 9.78 Å². The van der Waals surface area contributed by atoms with E-state index >= 15 is 0 Å². The SMILES string of the molecule is Cc1[nH]c2ccccc2c1CC(=O)Nc1ccc(Nc2cccnc2)c(-c2cccc(Cl)c2)c1.O=C(O)C(F)(F)F. The number of carbonyl (C=O) groups excluding carboxylic acids is 1. The highest BCUT2D eigenvalue weighted by molar-refractivity contribution is 6.30. The van der Waals surface area contributed by atoms with Crippen LogP contribution in [0.2, 0.25) is 5.02 Å². The summed E-state index contributed by atoms with van der Waals surface area (Å²) in [5.41, 5.74) is 7.41. The summed E-state index contributed by atoms with van der Waals surface area (Å²) in [6, 6.07) is 25.3. The third-order valence-corrected chi connectivity index (χ3v) is 6.22. The number of hydrogen-bond donors (Lipinski definition) is 4. The largest absolute Gasteiger partial charge is 0.490 e. The van der Waals surface area contributed by atoms with Crippen molar-refractivity contribution in [2.24, 2.45) is 0 Å². The van der Waals surface area contributed by atoms with E-state index in [0.717, 1.165) is 44.7 Å². The van der Waals surface area contributed by atoms with Crippen molar-refractivity contribution in [3.63, 3.8) is 0 Å². The number of rotatable bonds is 6. The molecule has 4 N–H and O–H groups in total. The second-order valence-corrected chi connectivity index (χ2v) is 9.38. The standard InChI is InChI=1S/C28H23ClN4O.C2HF3O2/c1-18-24(23-9-2-3-10-26(23)31-18)16-28(34)33-21-11-12-27(32-22-8-5-13-30-17-22)25(15-21)19-6-4-7-20(29)14-19;3-2(4,5)1(6)7/h2-15,17,31-32H,16H2,1H3,(H,33,34);(H,6,7). The normalized spacial score (nSPS) is 11.0. The third-order valence-electron chi connectivity index (χ3n) is 5.99. The Bertz CT molecular complexity index is 1690. The Kier molecular flexibility index (Phi) is 8.94. The average molecular weight is 581 g/mol. The van der Waals surface area contributed by atoms with Gasteiger partial charge in [-0.2, -0.15) is 13.2 Å². The van der Waals surface area contributed by atoms with Crippen LogP contribution in [0.1, 0.15) is 11.3 Å². The van der Waals surface area contributed by atoms with Gasteiger partial charge in [-0.25, -0.2) is 4.79 Å². The minimum absolute atomic E-state index is 0.0714. The lowest BCUT2D eigenvalue weighted by Gasteiger charge is -2.15. The Balaban J connectivity index is 0.000000493. The van der Waals surface area contributed by atoms with Crippen LogP contribution in [0.25, 0.3) is 22.0 Å². The molecule has 0 saturated heterocycles. The van der Waals surface area contributed by atoms with Crippen LogP contribution < -0.4 is 10.6 Å². The fourth-order valence-electron chi connectivity index (χ4n) is 4.15. The van der Waals surface area contributed by atoms with Crippen LogP contribution in [-0.4, -0.2) is 33.1 Å². The molecule has 7 nitrogen and oxygen atoms in total. The van der Waals surface area contributed by atoms with Gasteiger partial charge in [-0.15, -0.1) is 0 Å². The van der Waals surface area contributed by atoms with Gasteiger partial charge >= 0.3 is 12.1 Å². The number of anilines is 3. The van der Waals surface area contributed by atoms with Crippen molar-refractivity contribution in [1.29, 1.82) is 0 Å². The first-order chi connectivity index (χ1) is 19.5. The molecule has 0 aliphatic heterocycles. The van der Waals surface area contributed by atoms with Crippen LogP contribution >= 0.6 is 11.6 Å². The Hall–Kier alpha value is -4.83.